The van der Waals surface area contributed by atoms with Gasteiger partial charge in [0.1, 0.15) is 17.0 Å². The van der Waals surface area contributed by atoms with Crippen LogP contribution < -0.4 is 5.32 Å². The molecule has 3 heterocycles. The predicted molar refractivity (Wildman–Crippen MR) is 85.0 cm³/mol. The van der Waals surface area contributed by atoms with Gasteiger partial charge >= 0.3 is 0 Å². The monoisotopic (exact) mass is 315 g/mol. The van der Waals surface area contributed by atoms with Gasteiger partial charge < -0.3 is 5.32 Å². The van der Waals surface area contributed by atoms with Crippen LogP contribution in [0.3, 0.4) is 0 Å². The molecule has 114 valence electrons. The summed E-state index contributed by atoms with van der Waals surface area (Å²) in [5.41, 5.74) is 1.23. The standard InChI is InChI=1S/C14H17N7S/c1-7-9(3)22-14-11(7)12(15-6-16-14)17-8(2)13-18-19-20-21(13)10-4-5-10/h6,8,10H,4-5H2,1-3H3,(H,15,16,17). The minimum atomic E-state index is -0.00620. The van der Waals surface area contributed by atoms with Crippen LogP contribution in [-0.4, -0.2) is 30.2 Å². The van der Waals surface area contributed by atoms with Crippen molar-refractivity contribution in [1.82, 2.24) is 30.2 Å². The van der Waals surface area contributed by atoms with Crippen molar-refractivity contribution in [2.45, 2.75) is 45.7 Å². The summed E-state index contributed by atoms with van der Waals surface area (Å²) in [5, 5.41) is 16.7. The average molecular weight is 315 g/mol. The van der Waals surface area contributed by atoms with E-state index in [1.54, 1.807) is 17.7 Å². The van der Waals surface area contributed by atoms with E-state index < -0.39 is 0 Å². The predicted octanol–water partition coefficient (Wildman–Crippen LogP) is 2.80. The lowest BCUT2D eigenvalue weighted by atomic mass is 10.2. The second-order valence-electron chi connectivity index (χ2n) is 5.76. The average Bonchev–Trinajstić information content (AvgIpc) is 3.15. The van der Waals surface area contributed by atoms with Crippen LogP contribution in [0.15, 0.2) is 6.33 Å². The Balaban J connectivity index is 1.69. The first-order chi connectivity index (χ1) is 10.6. The number of aromatic nitrogens is 6. The first kappa shape index (κ1) is 13.6. The van der Waals surface area contributed by atoms with E-state index in [2.05, 4.69) is 51.6 Å². The molecule has 1 aliphatic carbocycles. The Morgan fingerprint density at radius 1 is 1.32 bits per heavy atom. The molecule has 3 aromatic rings. The van der Waals surface area contributed by atoms with Gasteiger partial charge in [-0.2, -0.15) is 0 Å². The lowest BCUT2D eigenvalue weighted by Gasteiger charge is -2.14. The molecule has 4 rings (SSSR count). The Morgan fingerprint density at radius 2 is 2.14 bits per heavy atom. The highest BCUT2D eigenvalue weighted by molar-refractivity contribution is 7.18. The van der Waals surface area contributed by atoms with Crippen molar-refractivity contribution < 1.29 is 0 Å². The molecular formula is C14H17N7S. The minimum Gasteiger partial charge on any atom is -0.360 e. The second kappa shape index (κ2) is 4.98. The van der Waals surface area contributed by atoms with Crippen molar-refractivity contribution >= 4 is 27.4 Å². The molecule has 1 fully saturated rings. The molecular weight excluding hydrogens is 298 g/mol. The first-order valence-electron chi connectivity index (χ1n) is 7.40. The van der Waals surface area contributed by atoms with E-state index in [4.69, 9.17) is 0 Å². The van der Waals surface area contributed by atoms with Gasteiger partial charge in [-0.3, -0.25) is 0 Å². The number of thiophene rings is 1. The fraction of sp³-hybridized carbons (Fsp3) is 0.500. The third-order valence-corrected chi connectivity index (χ3v) is 5.23. The SMILES string of the molecule is Cc1sc2ncnc(NC(C)c3nnnn3C3CC3)c2c1C. The van der Waals surface area contributed by atoms with Gasteiger partial charge in [-0.05, 0) is 49.6 Å². The normalized spacial score (nSPS) is 16.1. The van der Waals surface area contributed by atoms with E-state index in [9.17, 15) is 0 Å². The zero-order valence-electron chi connectivity index (χ0n) is 12.7. The van der Waals surface area contributed by atoms with Gasteiger partial charge in [0.2, 0.25) is 0 Å². The summed E-state index contributed by atoms with van der Waals surface area (Å²) in [5.74, 6) is 1.71. The van der Waals surface area contributed by atoms with Gasteiger partial charge in [0.05, 0.1) is 17.5 Å². The fourth-order valence-electron chi connectivity index (χ4n) is 2.63. The van der Waals surface area contributed by atoms with E-state index in [0.717, 1.165) is 34.7 Å². The smallest absolute Gasteiger partial charge is 0.173 e. The topological polar surface area (TPSA) is 81.4 Å². The fourth-order valence-corrected chi connectivity index (χ4v) is 3.62. The summed E-state index contributed by atoms with van der Waals surface area (Å²) in [6.45, 7) is 6.29. The van der Waals surface area contributed by atoms with Gasteiger partial charge in [-0.1, -0.05) is 0 Å². The maximum Gasteiger partial charge on any atom is 0.173 e. The van der Waals surface area contributed by atoms with Crippen LogP contribution in [-0.2, 0) is 0 Å². The summed E-state index contributed by atoms with van der Waals surface area (Å²) < 4.78 is 1.93. The molecule has 0 aromatic carbocycles. The van der Waals surface area contributed by atoms with E-state index in [1.807, 2.05) is 4.68 Å². The highest BCUT2D eigenvalue weighted by atomic mass is 32.1. The van der Waals surface area contributed by atoms with Gasteiger partial charge in [0.25, 0.3) is 0 Å². The number of hydrogen-bond donors (Lipinski definition) is 1. The highest BCUT2D eigenvalue weighted by Gasteiger charge is 2.29. The molecule has 1 aliphatic rings. The summed E-state index contributed by atoms with van der Waals surface area (Å²) in [6.07, 6.45) is 3.92. The van der Waals surface area contributed by atoms with E-state index >= 15 is 0 Å². The number of aryl methyl sites for hydroxylation is 2. The highest BCUT2D eigenvalue weighted by Crippen LogP contribution is 2.37. The number of fused-ring (bicyclic) bond motifs is 1. The van der Waals surface area contributed by atoms with E-state index in [0.29, 0.717) is 6.04 Å². The van der Waals surface area contributed by atoms with Crippen molar-refractivity contribution in [3.8, 4) is 0 Å². The van der Waals surface area contributed by atoms with Gasteiger partial charge in [-0.25, -0.2) is 14.6 Å². The Hall–Kier alpha value is -2.09. The van der Waals surface area contributed by atoms with Crippen LogP contribution in [0.5, 0.6) is 0 Å². The molecule has 0 aliphatic heterocycles. The molecule has 22 heavy (non-hydrogen) atoms. The Morgan fingerprint density at radius 3 is 2.91 bits per heavy atom. The third kappa shape index (κ3) is 2.14. The molecule has 1 atom stereocenters. The van der Waals surface area contributed by atoms with Gasteiger partial charge in [-0.15, -0.1) is 16.4 Å². The number of hydrogen-bond acceptors (Lipinski definition) is 7. The number of nitrogens with one attached hydrogen (secondary N) is 1. The number of anilines is 1. The molecule has 1 saturated carbocycles. The maximum absolute atomic E-state index is 4.43. The van der Waals surface area contributed by atoms with Crippen LogP contribution in [0.25, 0.3) is 10.2 Å². The van der Waals surface area contributed by atoms with Gasteiger partial charge in [0.15, 0.2) is 5.82 Å². The molecule has 7 nitrogen and oxygen atoms in total. The minimum absolute atomic E-state index is 0.00620. The van der Waals surface area contributed by atoms with Crippen molar-refractivity contribution in [2.24, 2.45) is 0 Å². The zero-order chi connectivity index (χ0) is 15.3. The number of nitrogens with zero attached hydrogens (tertiary/aromatic N) is 6. The summed E-state index contributed by atoms with van der Waals surface area (Å²) >= 11 is 1.70. The number of tetrazole rings is 1. The van der Waals surface area contributed by atoms with Crippen molar-refractivity contribution in [1.29, 1.82) is 0 Å². The van der Waals surface area contributed by atoms with Crippen LogP contribution in [0.1, 0.15) is 48.1 Å². The molecule has 1 unspecified atom stereocenters. The Labute approximate surface area is 131 Å². The van der Waals surface area contributed by atoms with Crippen molar-refractivity contribution in [3.63, 3.8) is 0 Å². The molecule has 0 radical (unpaired) electrons. The molecule has 8 heteroatoms. The van der Waals surface area contributed by atoms with E-state index in [-0.39, 0.29) is 6.04 Å². The van der Waals surface area contributed by atoms with Crippen molar-refractivity contribution in [2.75, 3.05) is 5.32 Å². The third-order valence-electron chi connectivity index (χ3n) is 4.12. The lowest BCUT2D eigenvalue weighted by molar-refractivity contribution is 0.566. The molecule has 0 amide bonds. The van der Waals surface area contributed by atoms with Crippen molar-refractivity contribution in [3.05, 3.63) is 22.6 Å². The van der Waals surface area contributed by atoms with Crippen LogP contribution in [0.4, 0.5) is 5.82 Å². The largest absolute Gasteiger partial charge is 0.360 e. The molecule has 1 N–H and O–H groups in total. The Kier molecular flexibility index (Phi) is 3.07. The van der Waals surface area contributed by atoms with E-state index in [1.165, 1.54) is 10.4 Å². The van der Waals surface area contributed by atoms with Crippen LogP contribution in [0.2, 0.25) is 0 Å². The quantitative estimate of drug-likeness (QED) is 0.797. The van der Waals surface area contributed by atoms with Gasteiger partial charge in [0, 0.05) is 4.88 Å². The molecule has 3 aromatic heterocycles. The zero-order valence-corrected chi connectivity index (χ0v) is 13.6. The summed E-state index contributed by atoms with van der Waals surface area (Å²) in [7, 11) is 0. The second-order valence-corrected chi connectivity index (χ2v) is 6.97. The maximum atomic E-state index is 4.43. The van der Waals surface area contributed by atoms with Crippen LogP contribution in [0, 0.1) is 13.8 Å². The first-order valence-corrected chi connectivity index (χ1v) is 8.21. The van der Waals surface area contributed by atoms with Crippen LogP contribution >= 0.6 is 11.3 Å². The molecule has 0 spiro atoms. The summed E-state index contributed by atoms with van der Waals surface area (Å²) in [4.78, 5) is 11.1. The Bertz CT molecular complexity index is 833. The molecule has 0 saturated heterocycles. The molecule has 0 bridgehead atoms. The summed E-state index contributed by atoms with van der Waals surface area (Å²) in [6, 6.07) is 0.457. The number of rotatable bonds is 4. The lowest BCUT2D eigenvalue weighted by Crippen LogP contribution is -2.15.